The van der Waals surface area contributed by atoms with E-state index in [-0.39, 0.29) is 49.7 Å². The fourth-order valence-electron chi connectivity index (χ4n) is 3.55. The normalized spacial score (nSPS) is 16.3. The van der Waals surface area contributed by atoms with Gasteiger partial charge in [-0.15, -0.1) is 0 Å². The predicted octanol–water partition coefficient (Wildman–Crippen LogP) is 4.93. The van der Waals surface area contributed by atoms with Crippen LogP contribution in [0.5, 0.6) is 5.75 Å². The number of anilines is 1. The predicted molar refractivity (Wildman–Crippen MR) is 99.4 cm³/mol. The maximum absolute atomic E-state index is 14.5. The number of rotatable bonds is 5. The maximum Gasteiger partial charge on any atom is 0.420 e. The van der Waals surface area contributed by atoms with Gasteiger partial charge in [0.2, 0.25) is 5.91 Å². The molecule has 2 aromatic rings. The third kappa shape index (κ3) is 4.37. The third-order valence-corrected chi connectivity index (χ3v) is 5.01. The summed E-state index contributed by atoms with van der Waals surface area (Å²) in [7, 11) is 0. The van der Waals surface area contributed by atoms with Gasteiger partial charge in [-0.2, -0.15) is 13.2 Å². The van der Waals surface area contributed by atoms with Crippen molar-refractivity contribution in [3.63, 3.8) is 0 Å². The summed E-state index contributed by atoms with van der Waals surface area (Å²) in [6.07, 6.45) is -4.20. The Bertz CT molecular complexity index is 876. The zero-order valence-corrected chi connectivity index (χ0v) is 15.8. The van der Waals surface area contributed by atoms with Crippen LogP contribution >= 0.6 is 0 Å². The molecule has 29 heavy (non-hydrogen) atoms. The number of alkyl halides is 3. The number of benzene rings is 2. The molecule has 156 valence electrons. The molecule has 8 heteroatoms. The molecule has 3 rings (SSSR count). The second kappa shape index (κ2) is 8.41. The van der Waals surface area contributed by atoms with Crippen LogP contribution in [0.3, 0.4) is 0 Å². The Morgan fingerprint density at radius 2 is 1.86 bits per heavy atom. The highest BCUT2D eigenvalue weighted by atomic mass is 19.4. The number of hydrogen-bond donors (Lipinski definition) is 1. The van der Waals surface area contributed by atoms with Gasteiger partial charge in [0.25, 0.3) is 0 Å². The van der Waals surface area contributed by atoms with Crippen molar-refractivity contribution in [1.82, 2.24) is 0 Å². The number of carbonyl (C=O) groups excluding carboxylic acids is 1. The van der Waals surface area contributed by atoms with E-state index in [0.717, 1.165) is 6.07 Å². The Labute approximate surface area is 165 Å². The summed E-state index contributed by atoms with van der Waals surface area (Å²) in [6.45, 7) is 2.15. The summed E-state index contributed by atoms with van der Waals surface area (Å²) in [5, 5.41) is 2.54. The summed E-state index contributed by atoms with van der Waals surface area (Å²) in [6, 6.07) is 9.27. The van der Waals surface area contributed by atoms with Crippen molar-refractivity contribution in [1.29, 1.82) is 0 Å². The molecular formula is C21H21F4NO3. The van der Waals surface area contributed by atoms with Crippen molar-refractivity contribution in [2.45, 2.75) is 31.4 Å². The van der Waals surface area contributed by atoms with Gasteiger partial charge in [0.15, 0.2) is 0 Å². The van der Waals surface area contributed by atoms with Crippen molar-refractivity contribution >= 4 is 11.6 Å². The molecule has 1 aliphatic heterocycles. The largest absolute Gasteiger partial charge is 0.493 e. The molecule has 1 N–H and O–H groups in total. The molecule has 0 atom stereocenters. The average molecular weight is 411 g/mol. The zero-order valence-electron chi connectivity index (χ0n) is 15.8. The quantitative estimate of drug-likeness (QED) is 0.710. The molecular weight excluding hydrogens is 390 g/mol. The molecule has 0 aromatic heterocycles. The Kier molecular flexibility index (Phi) is 6.12. The van der Waals surface area contributed by atoms with Crippen molar-refractivity contribution in [2.24, 2.45) is 0 Å². The van der Waals surface area contributed by atoms with Crippen molar-refractivity contribution in [3.8, 4) is 5.75 Å². The molecule has 1 amide bonds. The Balaban J connectivity index is 1.96. The standard InChI is InChI=1S/C21H21F4NO3/c1-2-29-18-8-7-14(13-16(18)21(23,24)25)26-19(27)20(9-11-28-12-10-20)15-5-3-4-6-17(15)22/h3-8,13H,2,9-12H2,1H3,(H,26,27). The van der Waals surface area contributed by atoms with E-state index in [2.05, 4.69) is 5.32 Å². The van der Waals surface area contributed by atoms with Crippen molar-refractivity contribution in [2.75, 3.05) is 25.1 Å². The van der Waals surface area contributed by atoms with Crippen molar-refractivity contribution in [3.05, 3.63) is 59.4 Å². The molecule has 0 aliphatic carbocycles. The first kappa shape index (κ1) is 21.1. The van der Waals surface area contributed by atoms with Crippen LogP contribution in [0.4, 0.5) is 23.2 Å². The van der Waals surface area contributed by atoms with Gasteiger partial charge in [0.05, 0.1) is 17.6 Å². The van der Waals surface area contributed by atoms with Crippen LogP contribution in [0.15, 0.2) is 42.5 Å². The lowest BCUT2D eigenvalue weighted by molar-refractivity contribution is -0.139. The van der Waals surface area contributed by atoms with Gasteiger partial charge in [0.1, 0.15) is 11.6 Å². The first-order valence-electron chi connectivity index (χ1n) is 9.26. The second-order valence-corrected chi connectivity index (χ2v) is 6.77. The van der Waals surface area contributed by atoms with Crippen LogP contribution in [0.25, 0.3) is 0 Å². The maximum atomic E-state index is 14.5. The topological polar surface area (TPSA) is 47.6 Å². The minimum absolute atomic E-state index is 0.0343. The van der Waals surface area contributed by atoms with Crippen LogP contribution in [0.2, 0.25) is 0 Å². The van der Waals surface area contributed by atoms with Crippen LogP contribution in [-0.4, -0.2) is 25.7 Å². The third-order valence-electron chi connectivity index (χ3n) is 5.01. The summed E-state index contributed by atoms with van der Waals surface area (Å²) in [5.74, 6) is -1.41. The number of amides is 1. The molecule has 0 saturated carbocycles. The van der Waals surface area contributed by atoms with Gasteiger partial charge in [-0.05, 0) is 44.0 Å². The van der Waals surface area contributed by atoms with Crippen LogP contribution in [0.1, 0.15) is 30.9 Å². The Morgan fingerprint density at radius 1 is 1.17 bits per heavy atom. The van der Waals surface area contributed by atoms with Gasteiger partial charge >= 0.3 is 6.18 Å². The van der Waals surface area contributed by atoms with E-state index in [4.69, 9.17) is 9.47 Å². The van der Waals surface area contributed by atoms with Gasteiger partial charge in [0, 0.05) is 24.5 Å². The van der Waals surface area contributed by atoms with Crippen LogP contribution < -0.4 is 10.1 Å². The van der Waals surface area contributed by atoms with E-state index in [9.17, 15) is 22.4 Å². The van der Waals surface area contributed by atoms with Gasteiger partial charge < -0.3 is 14.8 Å². The van der Waals surface area contributed by atoms with E-state index in [0.29, 0.717) is 0 Å². The zero-order chi connectivity index (χ0) is 21.1. The summed E-state index contributed by atoms with van der Waals surface area (Å²) >= 11 is 0. The molecule has 1 fully saturated rings. The van der Waals surface area contributed by atoms with E-state index < -0.39 is 28.9 Å². The van der Waals surface area contributed by atoms with Crippen molar-refractivity contribution < 1.29 is 31.8 Å². The summed E-state index contributed by atoms with van der Waals surface area (Å²) in [5.41, 5.74) is -2.03. The number of halogens is 4. The van der Waals surface area contributed by atoms with Gasteiger partial charge in [-0.1, -0.05) is 18.2 Å². The number of ether oxygens (including phenoxy) is 2. The van der Waals surface area contributed by atoms with Crippen LogP contribution in [-0.2, 0) is 21.1 Å². The molecule has 1 saturated heterocycles. The fourth-order valence-corrected chi connectivity index (χ4v) is 3.55. The number of nitrogens with one attached hydrogen (secondary N) is 1. The molecule has 2 aromatic carbocycles. The Hall–Kier alpha value is -2.61. The smallest absolute Gasteiger partial charge is 0.420 e. The highest BCUT2D eigenvalue weighted by Crippen LogP contribution is 2.40. The number of hydrogen-bond acceptors (Lipinski definition) is 3. The molecule has 1 aliphatic rings. The SMILES string of the molecule is CCOc1ccc(NC(=O)C2(c3ccccc3F)CCOCC2)cc1C(F)(F)F. The first-order chi connectivity index (χ1) is 13.8. The fraction of sp³-hybridized carbons (Fsp3) is 0.381. The molecule has 1 heterocycles. The highest BCUT2D eigenvalue weighted by molar-refractivity contribution is 5.99. The summed E-state index contributed by atoms with van der Waals surface area (Å²) < 4.78 is 65.0. The summed E-state index contributed by atoms with van der Waals surface area (Å²) in [4.78, 5) is 13.2. The lowest BCUT2D eigenvalue weighted by atomic mass is 9.73. The lowest BCUT2D eigenvalue weighted by Gasteiger charge is -2.36. The lowest BCUT2D eigenvalue weighted by Crippen LogP contribution is -2.45. The molecule has 0 spiro atoms. The van der Waals surface area contributed by atoms with Crippen LogP contribution in [0, 0.1) is 5.82 Å². The van der Waals surface area contributed by atoms with E-state index in [1.165, 1.54) is 30.3 Å². The molecule has 4 nitrogen and oxygen atoms in total. The monoisotopic (exact) mass is 411 g/mol. The molecule has 0 bridgehead atoms. The minimum atomic E-state index is -4.65. The van der Waals surface area contributed by atoms with E-state index in [1.54, 1.807) is 13.0 Å². The number of carbonyl (C=O) groups is 1. The minimum Gasteiger partial charge on any atom is -0.493 e. The van der Waals surface area contributed by atoms with Gasteiger partial charge in [-0.3, -0.25) is 4.79 Å². The highest BCUT2D eigenvalue weighted by Gasteiger charge is 2.44. The molecule has 0 radical (unpaired) electrons. The van der Waals surface area contributed by atoms with E-state index >= 15 is 0 Å². The molecule has 0 unspecified atom stereocenters. The first-order valence-corrected chi connectivity index (χ1v) is 9.26. The average Bonchev–Trinajstić information content (AvgIpc) is 2.69. The van der Waals surface area contributed by atoms with Gasteiger partial charge in [-0.25, -0.2) is 4.39 Å². The second-order valence-electron chi connectivity index (χ2n) is 6.77. The van der Waals surface area contributed by atoms with E-state index in [1.807, 2.05) is 0 Å². The Morgan fingerprint density at radius 3 is 2.48 bits per heavy atom.